The van der Waals surface area contributed by atoms with Crippen LogP contribution in [0.2, 0.25) is 0 Å². The minimum atomic E-state index is -3.82. The lowest BCUT2D eigenvalue weighted by atomic mass is 10.1. The molecule has 0 N–H and O–H groups in total. The van der Waals surface area contributed by atoms with Crippen molar-refractivity contribution in [2.45, 2.75) is 41.5 Å². The second kappa shape index (κ2) is 8.26. The molecule has 30 heavy (non-hydrogen) atoms. The van der Waals surface area contributed by atoms with Gasteiger partial charge in [-0.2, -0.15) is 8.61 Å². The summed E-state index contributed by atoms with van der Waals surface area (Å²) < 4.78 is 55.3. The first-order valence-corrected chi connectivity index (χ1v) is 13.0. The second-order valence-corrected chi connectivity index (χ2v) is 11.5. The number of fused-ring (bicyclic) bond motifs is 1. The molecule has 1 fully saturated rings. The SMILES string of the molecule is C=CCN([C@@H]1CCc2ccccc21)S(=O)(=O)c1ccc(S(=O)(=O)N2CCCC2)cc1. The fourth-order valence-electron chi connectivity index (χ4n) is 4.35. The minimum Gasteiger partial charge on any atom is -0.207 e. The molecule has 1 heterocycles. The van der Waals surface area contributed by atoms with Crippen molar-refractivity contribution in [3.05, 3.63) is 72.3 Å². The Hall–Kier alpha value is -2.00. The number of sulfonamides is 2. The predicted molar refractivity (Wildman–Crippen MR) is 116 cm³/mol. The zero-order chi connectivity index (χ0) is 21.4. The van der Waals surface area contributed by atoms with Crippen LogP contribution in [0.3, 0.4) is 0 Å². The van der Waals surface area contributed by atoms with Crippen LogP contribution >= 0.6 is 0 Å². The van der Waals surface area contributed by atoms with Crippen molar-refractivity contribution in [2.24, 2.45) is 0 Å². The van der Waals surface area contributed by atoms with Crippen molar-refractivity contribution < 1.29 is 16.8 Å². The molecule has 1 aliphatic carbocycles. The van der Waals surface area contributed by atoms with Crippen LogP contribution in [0.15, 0.2) is 71.0 Å². The molecule has 2 aliphatic rings. The van der Waals surface area contributed by atoms with Gasteiger partial charge >= 0.3 is 0 Å². The van der Waals surface area contributed by atoms with Crippen LogP contribution in [0, 0.1) is 0 Å². The van der Waals surface area contributed by atoms with Crippen molar-refractivity contribution >= 4 is 20.0 Å². The average molecular weight is 447 g/mol. The first-order valence-electron chi connectivity index (χ1n) is 10.2. The lowest BCUT2D eigenvalue weighted by Crippen LogP contribution is -2.34. The molecule has 0 amide bonds. The molecule has 0 bridgehead atoms. The van der Waals surface area contributed by atoms with Crippen LogP contribution in [-0.4, -0.2) is 45.1 Å². The molecule has 1 saturated heterocycles. The van der Waals surface area contributed by atoms with Gasteiger partial charge in [0, 0.05) is 19.6 Å². The molecular formula is C22H26N2O4S2. The average Bonchev–Trinajstić information content (AvgIpc) is 3.43. The summed E-state index contributed by atoms with van der Waals surface area (Å²) >= 11 is 0. The number of hydrogen-bond donors (Lipinski definition) is 0. The van der Waals surface area contributed by atoms with Crippen LogP contribution in [0.1, 0.15) is 36.4 Å². The highest BCUT2D eigenvalue weighted by molar-refractivity contribution is 7.89. The smallest absolute Gasteiger partial charge is 0.207 e. The summed E-state index contributed by atoms with van der Waals surface area (Å²) in [6.45, 7) is 4.95. The molecule has 8 heteroatoms. The summed E-state index contributed by atoms with van der Waals surface area (Å²) in [6.07, 6.45) is 4.84. The lowest BCUT2D eigenvalue weighted by Gasteiger charge is -2.28. The van der Waals surface area contributed by atoms with Crippen LogP contribution in [-0.2, 0) is 26.5 Å². The standard InChI is InChI=1S/C22H26N2O4S2/c1-2-15-24(22-14-9-18-7-3-4-8-21(18)22)30(27,28)20-12-10-19(11-13-20)29(25,26)23-16-5-6-17-23/h2-4,7-8,10-13,22H,1,5-6,9,14-17H2/t22-/m1/s1. The van der Waals surface area contributed by atoms with E-state index in [1.54, 1.807) is 6.08 Å². The van der Waals surface area contributed by atoms with Gasteiger partial charge in [-0.1, -0.05) is 30.3 Å². The maximum Gasteiger partial charge on any atom is 0.243 e. The third-order valence-electron chi connectivity index (χ3n) is 5.89. The van der Waals surface area contributed by atoms with E-state index in [9.17, 15) is 16.8 Å². The van der Waals surface area contributed by atoms with E-state index in [-0.39, 0.29) is 22.4 Å². The zero-order valence-electron chi connectivity index (χ0n) is 16.8. The fourth-order valence-corrected chi connectivity index (χ4v) is 7.47. The predicted octanol–water partition coefficient (Wildman–Crippen LogP) is 3.34. The summed E-state index contributed by atoms with van der Waals surface area (Å²) in [6, 6.07) is 13.2. The molecule has 0 aromatic heterocycles. The highest BCUT2D eigenvalue weighted by Crippen LogP contribution is 2.38. The van der Waals surface area contributed by atoms with E-state index in [0.717, 1.165) is 24.8 Å². The van der Waals surface area contributed by atoms with Gasteiger partial charge in [0.1, 0.15) is 0 Å². The third kappa shape index (κ3) is 3.73. The van der Waals surface area contributed by atoms with Crippen molar-refractivity contribution in [3.8, 4) is 0 Å². The summed E-state index contributed by atoms with van der Waals surface area (Å²) in [4.78, 5) is 0.221. The number of hydrogen-bond acceptors (Lipinski definition) is 4. The number of benzene rings is 2. The molecular weight excluding hydrogens is 420 g/mol. The topological polar surface area (TPSA) is 74.8 Å². The van der Waals surface area contributed by atoms with E-state index in [1.807, 2.05) is 24.3 Å². The first-order chi connectivity index (χ1) is 14.4. The maximum absolute atomic E-state index is 13.5. The third-order valence-corrected chi connectivity index (χ3v) is 9.69. The Balaban J connectivity index is 1.65. The van der Waals surface area contributed by atoms with Gasteiger partial charge < -0.3 is 0 Å². The molecule has 0 saturated carbocycles. The molecule has 2 aromatic carbocycles. The first kappa shape index (κ1) is 21.2. The van der Waals surface area contributed by atoms with Crippen molar-refractivity contribution in [2.75, 3.05) is 19.6 Å². The Bertz CT molecular complexity index is 1140. The van der Waals surface area contributed by atoms with E-state index < -0.39 is 20.0 Å². The molecule has 160 valence electrons. The monoisotopic (exact) mass is 446 g/mol. The fraction of sp³-hybridized carbons (Fsp3) is 0.364. The van der Waals surface area contributed by atoms with Gasteiger partial charge in [0.05, 0.1) is 15.8 Å². The van der Waals surface area contributed by atoms with E-state index in [2.05, 4.69) is 6.58 Å². The van der Waals surface area contributed by atoms with Crippen molar-refractivity contribution in [1.82, 2.24) is 8.61 Å². The number of rotatable bonds is 7. The van der Waals surface area contributed by atoms with Gasteiger partial charge in [0.15, 0.2) is 0 Å². The highest BCUT2D eigenvalue weighted by atomic mass is 32.2. The molecule has 2 aromatic rings. The van der Waals surface area contributed by atoms with E-state index >= 15 is 0 Å². The number of aryl methyl sites for hydroxylation is 1. The Morgan fingerprint density at radius 3 is 2.27 bits per heavy atom. The Morgan fingerprint density at radius 1 is 0.967 bits per heavy atom. The largest absolute Gasteiger partial charge is 0.243 e. The van der Waals surface area contributed by atoms with E-state index in [4.69, 9.17) is 0 Å². The second-order valence-electron chi connectivity index (χ2n) is 7.70. The van der Waals surface area contributed by atoms with Crippen molar-refractivity contribution in [1.29, 1.82) is 0 Å². The Labute approximate surface area is 178 Å². The lowest BCUT2D eigenvalue weighted by molar-refractivity contribution is 0.348. The van der Waals surface area contributed by atoms with Gasteiger partial charge in [-0.05, 0) is 61.1 Å². The van der Waals surface area contributed by atoms with Crippen molar-refractivity contribution in [3.63, 3.8) is 0 Å². The van der Waals surface area contributed by atoms with Gasteiger partial charge in [-0.25, -0.2) is 16.8 Å². The van der Waals surface area contributed by atoms with Gasteiger partial charge in [-0.3, -0.25) is 0 Å². The molecule has 0 radical (unpaired) electrons. The minimum absolute atomic E-state index is 0.0918. The van der Waals surface area contributed by atoms with Crippen LogP contribution in [0.5, 0.6) is 0 Å². The normalized spacial score (nSPS) is 19.8. The molecule has 0 unspecified atom stereocenters. The van der Waals surface area contributed by atoms with E-state index in [1.165, 1.54) is 38.4 Å². The van der Waals surface area contributed by atoms with Gasteiger partial charge in [-0.15, -0.1) is 6.58 Å². The van der Waals surface area contributed by atoms with Crippen LogP contribution < -0.4 is 0 Å². The molecule has 4 rings (SSSR count). The quantitative estimate of drug-likeness (QED) is 0.612. The van der Waals surface area contributed by atoms with Crippen LogP contribution in [0.4, 0.5) is 0 Å². The molecule has 6 nitrogen and oxygen atoms in total. The Kier molecular flexibility index (Phi) is 5.85. The number of nitrogens with zero attached hydrogens (tertiary/aromatic N) is 2. The van der Waals surface area contributed by atoms with Crippen LogP contribution in [0.25, 0.3) is 0 Å². The summed E-state index contributed by atoms with van der Waals surface area (Å²) in [5.74, 6) is 0. The molecule has 1 aliphatic heterocycles. The molecule has 1 atom stereocenters. The summed E-state index contributed by atoms with van der Waals surface area (Å²) in [7, 11) is -7.40. The zero-order valence-corrected chi connectivity index (χ0v) is 18.4. The Morgan fingerprint density at radius 2 is 1.60 bits per heavy atom. The molecule has 0 spiro atoms. The highest BCUT2D eigenvalue weighted by Gasteiger charge is 2.36. The van der Waals surface area contributed by atoms with Gasteiger partial charge in [0.25, 0.3) is 0 Å². The summed E-state index contributed by atoms with van der Waals surface area (Å²) in [5, 5.41) is 0. The van der Waals surface area contributed by atoms with E-state index in [0.29, 0.717) is 19.5 Å². The van der Waals surface area contributed by atoms with Gasteiger partial charge in [0.2, 0.25) is 20.0 Å². The maximum atomic E-state index is 13.5. The summed E-state index contributed by atoms with van der Waals surface area (Å²) in [5.41, 5.74) is 2.19.